The number of nitrogens with one attached hydrogen (secondary N) is 1. The molecule has 122 valence electrons. The monoisotopic (exact) mass is 332 g/mol. The Bertz CT molecular complexity index is 507. The standard InChI is InChI=1S/C15H28N2O2S2/c1-5-11-16-12-10-14-8-9-15(20-14)21(18,19)17(4)13(6-2)7-3/h8-9,13,16H,5-7,10-12H2,1-4H3. The van der Waals surface area contributed by atoms with Gasteiger partial charge in [0.2, 0.25) is 0 Å². The Kier molecular flexibility index (Phi) is 7.87. The molecule has 0 aliphatic rings. The van der Waals surface area contributed by atoms with E-state index in [9.17, 15) is 8.42 Å². The van der Waals surface area contributed by atoms with E-state index in [1.165, 1.54) is 15.6 Å². The van der Waals surface area contributed by atoms with E-state index < -0.39 is 10.0 Å². The van der Waals surface area contributed by atoms with Gasteiger partial charge in [0.1, 0.15) is 4.21 Å². The summed E-state index contributed by atoms with van der Waals surface area (Å²) in [6, 6.07) is 3.76. The van der Waals surface area contributed by atoms with Crippen molar-refractivity contribution >= 4 is 21.4 Å². The van der Waals surface area contributed by atoms with Crippen LogP contribution >= 0.6 is 11.3 Å². The van der Waals surface area contributed by atoms with E-state index >= 15 is 0 Å². The molecule has 0 bridgehead atoms. The summed E-state index contributed by atoms with van der Waals surface area (Å²) in [5.74, 6) is 0. The molecular formula is C15H28N2O2S2. The second-order valence-corrected chi connectivity index (χ2v) is 8.60. The Balaban J connectivity index is 2.74. The van der Waals surface area contributed by atoms with Crippen LogP contribution in [0.3, 0.4) is 0 Å². The molecule has 0 aromatic carbocycles. The Hall–Kier alpha value is -0.430. The topological polar surface area (TPSA) is 49.4 Å². The third-order valence-corrected chi connectivity index (χ3v) is 7.22. The largest absolute Gasteiger partial charge is 0.316 e. The molecule has 0 unspecified atom stereocenters. The molecule has 0 aliphatic heterocycles. The average molecular weight is 333 g/mol. The van der Waals surface area contributed by atoms with E-state index in [0.717, 1.165) is 43.6 Å². The third-order valence-electron chi connectivity index (χ3n) is 3.70. The minimum Gasteiger partial charge on any atom is -0.316 e. The van der Waals surface area contributed by atoms with Gasteiger partial charge in [-0.25, -0.2) is 8.42 Å². The Morgan fingerprint density at radius 1 is 1.19 bits per heavy atom. The lowest BCUT2D eigenvalue weighted by molar-refractivity contribution is 0.350. The summed E-state index contributed by atoms with van der Waals surface area (Å²) in [6.07, 6.45) is 3.68. The highest BCUT2D eigenvalue weighted by molar-refractivity contribution is 7.91. The molecule has 0 amide bonds. The van der Waals surface area contributed by atoms with Gasteiger partial charge in [0.15, 0.2) is 0 Å². The normalized spacial score (nSPS) is 12.5. The predicted octanol–water partition coefficient (Wildman–Crippen LogP) is 3.10. The number of nitrogens with zero attached hydrogens (tertiary/aromatic N) is 1. The first-order chi connectivity index (χ1) is 9.97. The second-order valence-electron chi connectivity index (χ2n) is 5.21. The smallest absolute Gasteiger partial charge is 0.252 e. The zero-order valence-electron chi connectivity index (χ0n) is 13.6. The minimum absolute atomic E-state index is 0.0757. The predicted molar refractivity (Wildman–Crippen MR) is 90.5 cm³/mol. The number of thiophene rings is 1. The summed E-state index contributed by atoms with van der Waals surface area (Å²) in [7, 11) is -1.66. The molecule has 0 spiro atoms. The molecule has 0 atom stereocenters. The van der Waals surface area contributed by atoms with Crippen LogP contribution in [0.4, 0.5) is 0 Å². The van der Waals surface area contributed by atoms with Crippen LogP contribution in [0.1, 0.15) is 44.9 Å². The van der Waals surface area contributed by atoms with Crippen LogP contribution in [0.2, 0.25) is 0 Å². The number of hydrogen-bond donors (Lipinski definition) is 1. The molecule has 1 heterocycles. The SMILES string of the molecule is CCCNCCc1ccc(S(=O)(=O)N(C)C(CC)CC)s1. The zero-order chi connectivity index (χ0) is 15.9. The third kappa shape index (κ3) is 5.06. The maximum Gasteiger partial charge on any atom is 0.252 e. The highest BCUT2D eigenvalue weighted by Gasteiger charge is 2.27. The highest BCUT2D eigenvalue weighted by atomic mass is 32.2. The lowest BCUT2D eigenvalue weighted by Gasteiger charge is -2.24. The fraction of sp³-hybridized carbons (Fsp3) is 0.733. The highest BCUT2D eigenvalue weighted by Crippen LogP contribution is 2.26. The first kappa shape index (κ1) is 18.6. The van der Waals surface area contributed by atoms with E-state index in [0.29, 0.717) is 4.21 Å². The summed E-state index contributed by atoms with van der Waals surface area (Å²) in [5.41, 5.74) is 0. The molecule has 0 saturated heterocycles. The fourth-order valence-electron chi connectivity index (χ4n) is 2.29. The summed E-state index contributed by atoms with van der Waals surface area (Å²) in [4.78, 5) is 1.12. The van der Waals surface area contributed by atoms with Crippen molar-refractivity contribution in [2.24, 2.45) is 0 Å². The van der Waals surface area contributed by atoms with Gasteiger partial charge < -0.3 is 5.32 Å². The molecular weight excluding hydrogens is 304 g/mol. The summed E-state index contributed by atoms with van der Waals surface area (Å²) < 4.78 is 27.2. The zero-order valence-corrected chi connectivity index (χ0v) is 15.2. The maximum atomic E-state index is 12.6. The summed E-state index contributed by atoms with van der Waals surface area (Å²) >= 11 is 1.39. The Labute approximate surface area is 133 Å². The summed E-state index contributed by atoms with van der Waals surface area (Å²) in [6.45, 7) is 8.10. The van der Waals surface area contributed by atoms with Crippen LogP contribution < -0.4 is 5.32 Å². The lowest BCUT2D eigenvalue weighted by atomic mass is 10.2. The second kappa shape index (κ2) is 8.88. The van der Waals surface area contributed by atoms with E-state index in [4.69, 9.17) is 0 Å². The van der Waals surface area contributed by atoms with Crippen LogP contribution in [-0.2, 0) is 16.4 Å². The van der Waals surface area contributed by atoms with Crippen molar-refractivity contribution in [3.05, 3.63) is 17.0 Å². The van der Waals surface area contributed by atoms with Gasteiger partial charge in [-0.1, -0.05) is 20.8 Å². The first-order valence-corrected chi connectivity index (χ1v) is 10.00. The molecule has 0 saturated carbocycles. The van der Waals surface area contributed by atoms with Gasteiger partial charge in [-0.05, 0) is 50.9 Å². The molecule has 1 aromatic heterocycles. The van der Waals surface area contributed by atoms with Gasteiger partial charge in [0.25, 0.3) is 10.0 Å². The fourth-order valence-corrected chi connectivity index (χ4v) is 5.33. The van der Waals surface area contributed by atoms with Crippen molar-refractivity contribution in [3.8, 4) is 0 Å². The quantitative estimate of drug-likeness (QED) is 0.670. The molecule has 4 nitrogen and oxygen atoms in total. The molecule has 6 heteroatoms. The van der Waals surface area contributed by atoms with Crippen molar-refractivity contribution in [1.29, 1.82) is 0 Å². The molecule has 1 rings (SSSR count). The van der Waals surface area contributed by atoms with Crippen molar-refractivity contribution < 1.29 is 8.42 Å². The van der Waals surface area contributed by atoms with Crippen molar-refractivity contribution in [2.75, 3.05) is 20.1 Å². The molecule has 21 heavy (non-hydrogen) atoms. The van der Waals surface area contributed by atoms with Crippen LogP contribution in [0.5, 0.6) is 0 Å². The van der Waals surface area contributed by atoms with Crippen molar-refractivity contribution in [3.63, 3.8) is 0 Å². The van der Waals surface area contributed by atoms with Gasteiger partial charge in [0, 0.05) is 18.0 Å². The maximum absolute atomic E-state index is 12.6. The van der Waals surface area contributed by atoms with Gasteiger partial charge in [-0.2, -0.15) is 4.31 Å². The van der Waals surface area contributed by atoms with E-state index in [1.54, 1.807) is 13.1 Å². The Morgan fingerprint density at radius 3 is 2.43 bits per heavy atom. The summed E-state index contributed by atoms with van der Waals surface area (Å²) in [5, 5.41) is 3.34. The van der Waals surface area contributed by atoms with Crippen molar-refractivity contribution in [1.82, 2.24) is 9.62 Å². The van der Waals surface area contributed by atoms with Gasteiger partial charge >= 0.3 is 0 Å². The van der Waals surface area contributed by atoms with Crippen molar-refractivity contribution in [2.45, 2.75) is 56.7 Å². The molecule has 0 aliphatic carbocycles. The molecule has 0 radical (unpaired) electrons. The first-order valence-electron chi connectivity index (χ1n) is 7.74. The van der Waals surface area contributed by atoms with Gasteiger partial charge in [-0.3, -0.25) is 0 Å². The van der Waals surface area contributed by atoms with Crippen LogP contribution in [0, 0.1) is 0 Å². The molecule has 0 fully saturated rings. The number of hydrogen-bond acceptors (Lipinski definition) is 4. The number of sulfonamides is 1. The van der Waals surface area contributed by atoms with Crippen LogP contribution in [0.25, 0.3) is 0 Å². The van der Waals surface area contributed by atoms with Crippen LogP contribution in [-0.4, -0.2) is 38.9 Å². The van der Waals surface area contributed by atoms with E-state index in [2.05, 4.69) is 12.2 Å². The molecule has 1 N–H and O–H groups in total. The van der Waals surface area contributed by atoms with Crippen LogP contribution in [0.15, 0.2) is 16.3 Å². The average Bonchev–Trinajstić information content (AvgIpc) is 2.94. The van der Waals surface area contributed by atoms with Gasteiger partial charge in [-0.15, -0.1) is 11.3 Å². The Morgan fingerprint density at radius 2 is 1.86 bits per heavy atom. The van der Waals surface area contributed by atoms with Gasteiger partial charge in [0.05, 0.1) is 0 Å². The number of rotatable bonds is 10. The lowest BCUT2D eigenvalue weighted by Crippen LogP contribution is -2.35. The van der Waals surface area contributed by atoms with E-state index in [-0.39, 0.29) is 6.04 Å². The van der Waals surface area contributed by atoms with E-state index in [1.807, 2.05) is 19.9 Å². The minimum atomic E-state index is -3.35. The molecule has 1 aromatic rings.